The molecule has 1 saturated heterocycles. The number of nitrogens with one attached hydrogen (secondary N) is 1. The molecule has 1 aliphatic rings. The number of amides is 1. The largest absolute Gasteiger partial charge is 0.357 e. The molecule has 0 bridgehead atoms. The van der Waals surface area contributed by atoms with Crippen LogP contribution in [0.4, 0.5) is 0 Å². The first-order valence-electron chi connectivity index (χ1n) is 10.8. The van der Waals surface area contributed by atoms with Gasteiger partial charge in [-0.1, -0.05) is 18.2 Å². The second-order valence-electron chi connectivity index (χ2n) is 8.23. The van der Waals surface area contributed by atoms with Gasteiger partial charge < -0.3 is 9.88 Å². The molecule has 1 fully saturated rings. The van der Waals surface area contributed by atoms with Crippen LogP contribution in [-0.4, -0.2) is 48.6 Å². The third kappa shape index (κ3) is 3.83. The number of nitrogens with zero attached hydrogens (tertiary/aromatic N) is 5. The van der Waals surface area contributed by atoms with Crippen molar-refractivity contribution in [2.45, 2.75) is 38.6 Å². The molecule has 3 aromatic heterocycles. The van der Waals surface area contributed by atoms with Crippen molar-refractivity contribution in [2.75, 3.05) is 13.1 Å². The molecule has 0 radical (unpaired) electrons. The number of piperidine rings is 1. The second-order valence-corrected chi connectivity index (χ2v) is 8.23. The van der Waals surface area contributed by atoms with Gasteiger partial charge in [0, 0.05) is 60.0 Å². The van der Waals surface area contributed by atoms with Gasteiger partial charge >= 0.3 is 0 Å². The van der Waals surface area contributed by atoms with Crippen molar-refractivity contribution in [3.05, 3.63) is 66.6 Å². The zero-order valence-electron chi connectivity index (χ0n) is 17.7. The summed E-state index contributed by atoms with van der Waals surface area (Å²) < 4.78 is 1.71. The Balaban J connectivity index is 1.44. The van der Waals surface area contributed by atoms with Crippen molar-refractivity contribution < 1.29 is 4.79 Å². The van der Waals surface area contributed by atoms with Gasteiger partial charge in [0.05, 0.1) is 6.54 Å². The fraction of sp³-hybridized carbons (Fsp3) is 0.333. The van der Waals surface area contributed by atoms with Gasteiger partial charge in [0.1, 0.15) is 12.7 Å². The summed E-state index contributed by atoms with van der Waals surface area (Å²) in [6, 6.07) is 10.6. The highest BCUT2D eigenvalue weighted by Crippen LogP contribution is 2.40. The minimum atomic E-state index is 0.179. The predicted octanol–water partition coefficient (Wildman–Crippen LogP) is 3.93. The summed E-state index contributed by atoms with van der Waals surface area (Å²) in [5.41, 5.74) is 6.04. The molecule has 5 rings (SSSR count). The van der Waals surface area contributed by atoms with Crippen LogP contribution in [0.3, 0.4) is 0 Å². The number of benzene rings is 1. The smallest absolute Gasteiger partial charge is 0.224 e. The highest BCUT2D eigenvalue weighted by atomic mass is 16.2. The Morgan fingerprint density at radius 2 is 2.06 bits per heavy atom. The number of fused-ring (bicyclic) bond motifs is 1. The van der Waals surface area contributed by atoms with Crippen LogP contribution >= 0.6 is 0 Å². The van der Waals surface area contributed by atoms with Crippen molar-refractivity contribution in [2.24, 2.45) is 0 Å². The van der Waals surface area contributed by atoms with Crippen molar-refractivity contribution in [3.63, 3.8) is 0 Å². The van der Waals surface area contributed by atoms with Gasteiger partial charge in [-0.3, -0.25) is 14.5 Å². The lowest BCUT2D eigenvalue weighted by Gasteiger charge is -2.33. The number of aromatic amines is 1. The minimum Gasteiger partial charge on any atom is -0.357 e. The topological polar surface area (TPSA) is 79.7 Å². The monoisotopic (exact) mass is 414 g/mol. The van der Waals surface area contributed by atoms with E-state index in [1.165, 1.54) is 34.1 Å². The minimum absolute atomic E-state index is 0.179. The van der Waals surface area contributed by atoms with Crippen LogP contribution in [-0.2, 0) is 11.3 Å². The Bertz CT molecular complexity index is 1180. The first-order valence-corrected chi connectivity index (χ1v) is 10.8. The number of para-hydroxylation sites is 1. The molecule has 1 aromatic carbocycles. The first kappa shape index (κ1) is 19.5. The molecule has 1 aliphatic heterocycles. The molecule has 4 aromatic rings. The van der Waals surface area contributed by atoms with Crippen LogP contribution in [0.25, 0.3) is 22.0 Å². The summed E-state index contributed by atoms with van der Waals surface area (Å²) >= 11 is 0. The van der Waals surface area contributed by atoms with Crippen LogP contribution in [0.2, 0.25) is 0 Å². The summed E-state index contributed by atoms with van der Waals surface area (Å²) in [4.78, 5) is 26.8. The third-order valence-corrected chi connectivity index (χ3v) is 6.24. The number of carbonyl (C=O) groups excluding carboxylic acids is 1. The van der Waals surface area contributed by atoms with E-state index in [2.05, 4.69) is 57.3 Å². The maximum atomic E-state index is 12.9. The Labute approximate surface area is 181 Å². The number of likely N-dealkylation sites (tertiary alicyclic amines) is 1. The summed E-state index contributed by atoms with van der Waals surface area (Å²) in [5.74, 6) is 0.456. The van der Waals surface area contributed by atoms with Crippen LogP contribution in [0.1, 0.15) is 36.4 Å². The average molecular weight is 415 g/mol. The summed E-state index contributed by atoms with van der Waals surface area (Å²) in [5, 5.41) is 5.33. The average Bonchev–Trinajstić information content (AvgIpc) is 3.47. The molecule has 0 saturated carbocycles. The highest BCUT2D eigenvalue weighted by Gasteiger charge is 2.28. The number of carbonyl (C=O) groups is 1. The zero-order chi connectivity index (χ0) is 21.2. The summed E-state index contributed by atoms with van der Waals surface area (Å²) in [6.07, 6.45) is 9.35. The third-order valence-electron chi connectivity index (χ3n) is 6.24. The molecule has 0 aliphatic carbocycles. The molecule has 1 N–H and O–H groups in total. The van der Waals surface area contributed by atoms with Crippen molar-refractivity contribution in [3.8, 4) is 11.1 Å². The molecule has 4 heterocycles. The Kier molecular flexibility index (Phi) is 5.24. The molecule has 7 heteroatoms. The van der Waals surface area contributed by atoms with E-state index >= 15 is 0 Å². The number of pyridine rings is 1. The standard InChI is InChI=1S/C24H26N6O/c1-17-4-2-6-20-22(18-7-10-25-11-8-18)24(28-23(17)20)19-5-3-12-29(14-19)21(31)9-13-30-16-26-15-27-30/h2,4,6-8,10-11,15-16,19,28H,3,5,9,12-14H2,1H3/t19-/m0/s1. The molecule has 0 spiro atoms. The molecule has 0 unspecified atom stereocenters. The van der Waals surface area contributed by atoms with E-state index in [9.17, 15) is 4.79 Å². The second kappa shape index (κ2) is 8.34. The summed E-state index contributed by atoms with van der Waals surface area (Å²) in [7, 11) is 0. The molecular formula is C24H26N6O. The fourth-order valence-corrected chi connectivity index (χ4v) is 4.68. The first-order chi connectivity index (χ1) is 15.2. The van der Waals surface area contributed by atoms with Crippen LogP contribution in [0, 0.1) is 6.92 Å². The van der Waals surface area contributed by atoms with E-state index in [1.807, 2.05) is 17.3 Å². The van der Waals surface area contributed by atoms with Gasteiger partial charge in [0.2, 0.25) is 5.91 Å². The van der Waals surface area contributed by atoms with Gasteiger partial charge in [0.25, 0.3) is 0 Å². The van der Waals surface area contributed by atoms with Crippen molar-refractivity contribution in [1.82, 2.24) is 29.6 Å². The van der Waals surface area contributed by atoms with Crippen LogP contribution in [0.15, 0.2) is 55.4 Å². The molecule has 31 heavy (non-hydrogen) atoms. The predicted molar refractivity (Wildman–Crippen MR) is 119 cm³/mol. The Morgan fingerprint density at radius 1 is 1.19 bits per heavy atom. The Hall–Kier alpha value is -3.48. The Morgan fingerprint density at radius 3 is 2.87 bits per heavy atom. The van der Waals surface area contributed by atoms with Gasteiger partial charge in [-0.15, -0.1) is 0 Å². The number of hydrogen-bond acceptors (Lipinski definition) is 4. The summed E-state index contributed by atoms with van der Waals surface area (Å²) in [6.45, 7) is 4.25. The molecule has 1 amide bonds. The number of aryl methyl sites for hydroxylation is 2. The van der Waals surface area contributed by atoms with E-state index < -0.39 is 0 Å². The lowest BCUT2D eigenvalue weighted by Crippen LogP contribution is -2.39. The van der Waals surface area contributed by atoms with E-state index in [1.54, 1.807) is 11.0 Å². The zero-order valence-corrected chi connectivity index (χ0v) is 17.7. The van der Waals surface area contributed by atoms with Gasteiger partial charge in [0.15, 0.2) is 0 Å². The SMILES string of the molecule is Cc1cccc2c(-c3ccncc3)c([C@H]3CCCN(C(=O)CCn4cncn4)C3)[nH]c12. The van der Waals surface area contributed by atoms with E-state index in [0.717, 1.165) is 31.5 Å². The van der Waals surface area contributed by atoms with Crippen LogP contribution in [0.5, 0.6) is 0 Å². The van der Waals surface area contributed by atoms with Gasteiger partial charge in [-0.2, -0.15) is 5.10 Å². The fourth-order valence-electron chi connectivity index (χ4n) is 4.68. The molecular weight excluding hydrogens is 388 g/mol. The normalized spacial score (nSPS) is 16.7. The maximum Gasteiger partial charge on any atom is 0.224 e. The highest BCUT2D eigenvalue weighted by molar-refractivity contribution is 5.99. The van der Waals surface area contributed by atoms with Gasteiger partial charge in [-0.05, 0) is 43.0 Å². The van der Waals surface area contributed by atoms with Crippen LogP contribution < -0.4 is 0 Å². The molecule has 7 nitrogen and oxygen atoms in total. The number of hydrogen-bond donors (Lipinski definition) is 1. The quantitative estimate of drug-likeness (QED) is 0.537. The lowest BCUT2D eigenvalue weighted by atomic mass is 9.89. The van der Waals surface area contributed by atoms with E-state index in [0.29, 0.717) is 13.0 Å². The van der Waals surface area contributed by atoms with Gasteiger partial charge in [-0.25, -0.2) is 4.98 Å². The number of H-pyrrole nitrogens is 1. The lowest BCUT2D eigenvalue weighted by molar-refractivity contribution is -0.132. The van der Waals surface area contributed by atoms with Crippen molar-refractivity contribution >= 4 is 16.8 Å². The van der Waals surface area contributed by atoms with E-state index in [4.69, 9.17) is 0 Å². The van der Waals surface area contributed by atoms with Crippen molar-refractivity contribution in [1.29, 1.82) is 0 Å². The number of rotatable bonds is 5. The molecule has 158 valence electrons. The van der Waals surface area contributed by atoms with E-state index in [-0.39, 0.29) is 11.8 Å². The maximum absolute atomic E-state index is 12.9. The molecule has 1 atom stereocenters. The number of aromatic nitrogens is 5.